The Kier molecular flexibility index (Phi) is 7.52. The largest absolute Gasteiger partial charge is 0.492 e. The Bertz CT molecular complexity index is 950. The van der Waals surface area contributed by atoms with Gasteiger partial charge in [0.15, 0.2) is 0 Å². The van der Waals surface area contributed by atoms with E-state index in [-0.39, 0.29) is 24.6 Å². The number of hydrogen-bond donors (Lipinski definition) is 2. The van der Waals surface area contributed by atoms with Crippen molar-refractivity contribution >= 4 is 27.4 Å². The van der Waals surface area contributed by atoms with Crippen LogP contribution in [0.15, 0.2) is 42.5 Å². The van der Waals surface area contributed by atoms with Crippen molar-refractivity contribution < 1.29 is 26.7 Å². The van der Waals surface area contributed by atoms with E-state index in [0.717, 1.165) is 12.1 Å². The Labute approximate surface area is 168 Å². The third kappa shape index (κ3) is 6.68. The van der Waals surface area contributed by atoms with Crippen molar-refractivity contribution in [2.75, 3.05) is 30.8 Å². The maximum atomic E-state index is 13.8. The molecule has 29 heavy (non-hydrogen) atoms. The van der Waals surface area contributed by atoms with Gasteiger partial charge in [0.2, 0.25) is 10.0 Å². The lowest BCUT2D eigenvalue weighted by molar-refractivity contribution is 0.262. The van der Waals surface area contributed by atoms with Crippen LogP contribution in [0.4, 0.5) is 25.0 Å². The normalized spacial score (nSPS) is 11.6. The second-order valence-corrected chi connectivity index (χ2v) is 9.12. The molecule has 0 fully saturated rings. The minimum Gasteiger partial charge on any atom is -0.492 e. The van der Waals surface area contributed by atoms with Crippen molar-refractivity contribution in [1.82, 2.24) is 4.31 Å². The number of anilines is 2. The van der Waals surface area contributed by atoms with E-state index in [1.165, 1.54) is 41.7 Å². The molecule has 0 heterocycles. The molecule has 2 aromatic carbocycles. The van der Waals surface area contributed by atoms with E-state index in [1.807, 2.05) is 0 Å². The number of hydrogen-bond acceptors (Lipinski definition) is 4. The van der Waals surface area contributed by atoms with Crippen LogP contribution in [0.2, 0.25) is 0 Å². The summed E-state index contributed by atoms with van der Waals surface area (Å²) in [7, 11) is -1.96. The fourth-order valence-corrected chi connectivity index (χ4v) is 3.37. The van der Waals surface area contributed by atoms with Gasteiger partial charge in [-0.3, -0.25) is 0 Å². The second kappa shape index (κ2) is 9.66. The molecule has 0 aliphatic rings. The first-order valence-electron chi connectivity index (χ1n) is 8.80. The first-order chi connectivity index (χ1) is 13.6. The van der Waals surface area contributed by atoms with Crippen LogP contribution < -0.4 is 15.4 Å². The Balaban J connectivity index is 1.95. The molecule has 0 radical (unpaired) electrons. The molecule has 0 saturated heterocycles. The molecule has 2 rings (SSSR count). The third-order valence-corrected chi connectivity index (χ3v) is 6.18. The number of halogens is 2. The van der Waals surface area contributed by atoms with Crippen molar-refractivity contribution in [1.29, 1.82) is 0 Å². The highest BCUT2D eigenvalue weighted by Crippen LogP contribution is 2.21. The van der Waals surface area contributed by atoms with Crippen LogP contribution in [-0.2, 0) is 10.0 Å². The van der Waals surface area contributed by atoms with Gasteiger partial charge in [0.25, 0.3) is 0 Å². The van der Waals surface area contributed by atoms with Crippen molar-refractivity contribution in [2.24, 2.45) is 0 Å². The Hall–Kier alpha value is -2.72. The fraction of sp³-hybridized carbons (Fsp3) is 0.316. The second-order valence-electron chi connectivity index (χ2n) is 6.53. The van der Waals surface area contributed by atoms with Gasteiger partial charge in [-0.1, -0.05) is 0 Å². The number of rotatable bonds is 8. The summed E-state index contributed by atoms with van der Waals surface area (Å²) in [4.78, 5) is 12.0. The lowest BCUT2D eigenvalue weighted by Crippen LogP contribution is -2.35. The van der Waals surface area contributed by atoms with Gasteiger partial charge < -0.3 is 15.4 Å². The lowest BCUT2D eigenvalue weighted by atomic mass is 10.3. The van der Waals surface area contributed by atoms with E-state index < -0.39 is 32.9 Å². The quantitative estimate of drug-likeness (QED) is 0.673. The zero-order chi connectivity index (χ0) is 21.6. The van der Waals surface area contributed by atoms with Gasteiger partial charge in [-0.15, -0.1) is 0 Å². The number of sulfonamides is 1. The Morgan fingerprint density at radius 3 is 2.28 bits per heavy atom. The molecule has 0 saturated carbocycles. The highest BCUT2D eigenvalue weighted by Gasteiger charge is 2.21. The molecule has 0 atom stereocenters. The van der Waals surface area contributed by atoms with Crippen LogP contribution >= 0.6 is 0 Å². The highest BCUT2D eigenvalue weighted by molar-refractivity contribution is 7.89. The van der Waals surface area contributed by atoms with Gasteiger partial charge in [-0.2, -0.15) is 0 Å². The van der Waals surface area contributed by atoms with E-state index in [1.54, 1.807) is 13.8 Å². The van der Waals surface area contributed by atoms with Gasteiger partial charge in [-0.05, 0) is 44.2 Å². The van der Waals surface area contributed by atoms with Crippen molar-refractivity contribution in [3.05, 3.63) is 54.1 Å². The van der Waals surface area contributed by atoms with E-state index in [2.05, 4.69) is 10.6 Å². The lowest BCUT2D eigenvalue weighted by Gasteiger charge is -2.19. The van der Waals surface area contributed by atoms with Crippen LogP contribution in [-0.4, -0.2) is 44.2 Å². The average Bonchev–Trinajstić information content (AvgIpc) is 2.62. The fourth-order valence-electron chi connectivity index (χ4n) is 2.32. The average molecular weight is 427 g/mol. The smallest absolute Gasteiger partial charge is 0.323 e. The number of nitrogens with zero attached hydrogens (tertiary/aromatic N) is 1. The monoisotopic (exact) mass is 427 g/mol. The highest BCUT2D eigenvalue weighted by atomic mass is 32.2. The third-order valence-electron chi connectivity index (χ3n) is 3.94. The number of amides is 2. The molecule has 158 valence electrons. The van der Waals surface area contributed by atoms with Gasteiger partial charge in [0, 0.05) is 37.1 Å². The summed E-state index contributed by atoms with van der Waals surface area (Å²) in [5, 5.41) is 4.38. The molecule has 0 aliphatic carbocycles. The number of carbonyl (C=O) groups is 1. The molecule has 0 unspecified atom stereocenters. The van der Waals surface area contributed by atoms with Crippen LogP contribution in [0.1, 0.15) is 13.8 Å². The minimum absolute atomic E-state index is 0.00706. The summed E-state index contributed by atoms with van der Waals surface area (Å²) in [6, 6.07) is 8.15. The molecule has 7 nitrogen and oxygen atoms in total. The molecule has 10 heteroatoms. The standard InChI is InChI=1S/C19H23F2N3O4S/c1-13(2)29(26,27)24(3)8-9-28-18-11-15(21)10-17(12-18)23-19(25)22-16-6-4-14(20)5-7-16/h4-7,10-13H,8-9H2,1-3H3,(H2,22,23,25). The Morgan fingerprint density at radius 1 is 1.03 bits per heavy atom. The van der Waals surface area contributed by atoms with E-state index in [4.69, 9.17) is 4.74 Å². The Morgan fingerprint density at radius 2 is 1.66 bits per heavy atom. The molecule has 0 spiro atoms. The number of likely N-dealkylation sites (N-methyl/N-ethyl adjacent to an activating group) is 1. The molecular formula is C19H23F2N3O4S. The zero-order valence-corrected chi connectivity index (χ0v) is 17.1. The van der Waals surface area contributed by atoms with E-state index in [9.17, 15) is 22.0 Å². The SMILES string of the molecule is CC(C)S(=O)(=O)N(C)CCOc1cc(F)cc(NC(=O)Nc2ccc(F)cc2)c1. The molecule has 2 amide bonds. The topological polar surface area (TPSA) is 87.7 Å². The molecule has 0 aliphatic heterocycles. The first kappa shape index (κ1) is 22.6. The maximum absolute atomic E-state index is 13.8. The maximum Gasteiger partial charge on any atom is 0.323 e. The summed E-state index contributed by atoms with van der Waals surface area (Å²) in [6.45, 7) is 3.25. The zero-order valence-electron chi connectivity index (χ0n) is 16.3. The van der Waals surface area contributed by atoms with Crippen molar-refractivity contribution in [2.45, 2.75) is 19.1 Å². The molecule has 2 aromatic rings. The van der Waals surface area contributed by atoms with Crippen LogP contribution in [0, 0.1) is 11.6 Å². The summed E-state index contributed by atoms with van der Waals surface area (Å²) in [6.07, 6.45) is 0. The summed E-state index contributed by atoms with van der Waals surface area (Å²) in [5.74, 6) is -0.935. The van der Waals surface area contributed by atoms with Crippen LogP contribution in [0.25, 0.3) is 0 Å². The summed E-state index contributed by atoms with van der Waals surface area (Å²) >= 11 is 0. The molecule has 2 N–H and O–H groups in total. The number of nitrogens with one attached hydrogen (secondary N) is 2. The number of urea groups is 1. The molecule has 0 bridgehead atoms. The number of carbonyl (C=O) groups excluding carboxylic acids is 1. The summed E-state index contributed by atoms with van der Waals surface area (Å²) in [5.41, 5.74) is 0.508. The van der Waals surface area contributed by atoms with Crippen LogP contribution in [0.5, 0.6) is 5.75 Å². The van der Waals surface area contributed by atoms with Gasteiger partial charge in [-0.25, -0.2) is 26.3 Å². The first-order valence-corrected chi connectivity index (χ1v) is 10.3. The predicted molar refractivity (Wildman–Crippen MR) is 108 cm³/mol. The number of benzene rings is 2. The summed E-state index contributed by atoms with van der Waals surface area (Å²) < 4.78 is 57.3. The van der Waals surface area contributed by atoms with Gasteiger partial charge in [0.1, 0.15) is 24.0 Å². The van der Waals surface area contributed by atoms with Gasteiger partial charge in [0.05, 0.1) is 5.25 Å². The molecular weight excluding hydrogens is 404 g/mol. The molecule has 0 aromatic heterocycles. The number of ether oxygens (including phenoxy) is 1. The van der Waals surface area contributed by atoms with Crippen molar-refractivity contribution in [3.8, 4) is 5.75 Å². The van der Waals surface area contributed by atoms with Gasteiger partial charge >= 0.3 is 6.03 Å². The van der Waals surface area contributed by atoms with Crippen LogP contribution in [0.3, 0.4) is 0 Å². The predicted octanol–water partition coefficient (Wildman–Crippen LogP) is 3.66. The van der Waals surface area contributed by atoms with E-state index >= 15 is 0 Å². The minimum atomic E-state index is -3.41. The van der Waals surface area contributed by atoms with Crippen molar-refractivity contribution in [3.63, 3.8) is 0 Å². The van der Waals surface area contributed by atoms with E-state index in [0.29, 0.717) is 5.69 Å².